The number of hydrogen-bond donors (Lipinski definition) is 1. The van der Waals surface area contributed by atoms with Gasteiger partial charge in [0.1, 0.15) is 12.8 Å². The fraction of sp³-hybridized carbons (Fsp3) is 0. The highest BCUT2D eigenvalue weighted by atomic mass is 32.1. The van der Waals surface area contributed by atoms with E-state index in [9.17, 15) is 0 Å². The summed E-state index contributed by atoms with van der Waals surface area (Å²) in [5.41, 5.74) is 6.00. The quantitative estimate of drug-likeness (QED) is 0.403. The molecule has 0 unspecified atom stereocenters. The van der Waals surface area contributed by atoms with Gasteiger partial charge in [0.15, 0.2) is 0 Å². The number of rotatable bonds is 6. The van der Waals surface area contributed by atoms with Crippen molar-refractivity contribution < 1.29 is 0 Å². The van der Waals surface area contributed by atoms with Crippen LogP contribution in [0.3, 0.4) is 0 Å². The molecule has 0 fully saturated rings. The van der Waals surface area contributed by atoms with E-state index in [0.29, 0.717) is 0 Å². The van der Waals surface area contributed by atoms with Crippen LogP contribution in [0.5, 0.6) is 0 Å². The van der Waals surface area contributed by atoms with Crippen molar-refractivity contribution in [3.8, 4) is 0 Å². The molecule has 2 nitrogen and oxygen atoms in total. The van der Waals surface area contributed by atoms with E-state index in [1.165, 1.54) is 31.7 Å². The number of hydrogen-bond acceptors (Lipinski definition) is 3. The van der Waals surface area contributed by atoms with Crippen LogP contribution in [0.15, 0.2) is 109 Å². The zero-order valence-electron chi connectivity index (χ0n) is 17.5. The highest BCUT2D eigenvalue weighted by Crippen LogP contribution is 2.45. The van der Waals surface area contributed by atoms with Gasteiger partial charge in [-0.2, -0.15) is 0 Å². The van der Waals surface area contributed by atoms with Crippen molar-refractivity contribution in [3.05, 3.63) is 109 Å². The number of nitrogens with one attached hydrogen (secondary N) is 1. The Hall–Kier alpha value is -3.43. The molecular weight excluding hydrogens is 394 g/mol. The first-order valence-electron chi connectivity index (χ1n) is 10.5. The molecule has 4 aromatic carbocycles. The molecule has 1 N–H and O–H groups in total. The summed E-state index contributed by atoms with van der Waals surface area (Å²) in [4.78, 5) is 2.42. The molecule has 0 saturated heterocycles. The maximum Gasteiger partial charge on any atom is 0.276 e. The van der Waals surface area contributed by atoms with Crippen LogP contribution in [0.25, 0.3) is 10.1 Å². The molecule has 0 amide bonds. The molecule has 0 bridgehead atoms. The monoisotopic (exact) mass is 416 g/mol. The van der Waals surface area contributed by atoms with E-state index >= 15 is 0 Å². The van der Waals surface area contributed by atoms with Crippen molar-refractivity contribution in [1.82, 2.24) is 0 Å². The second-order valence-electron chi connectivity index (χ2n) is 7.68. The van der Waals surface area contributed by atoms with E-state index in [1.54, 1.807) is 0 Å². The molecule has 1 aromatic heterocycles. The Morgan fingerprint density at radius 1 is 0.710 bits per heavy atom. The summed E-state index contributed by atoms with van der Waals surface area (Å²) in [5, 5.41) is 6.18. The Kier molecular flexibility index (Phi) is 5.51. The van der Waals surface area contributed by atoms with Crippen LogP contribution in [-0.2, 0) is 0 Å². The molecule has 0 aliphatic carbocycles. The lowest BCUT2D eigenvalue weighted by molar-refractivity contribution is 1.44. The number of anilines is 4. The Labute approximate surface area is 188 Å². The van der Waals surface area contributed by atoms with Gasteiger partial charge in [0.05, 0.1) is 5.69 Å². The molecular formula is C26H22B2N2S. The molecule has 148 valence electrons. The van der Waals surface area contributed by atoms with E-state index in [2.05, 4.69) is 121 Å². The van der Waals surface area contributed by atoms with Gasteiger partial charge < -0.3 is 10.1 Å². The second-order valence-corrected chi connectivity index (χ2v) is 8.71. The Balaban J connectivity index is 1.65. The number of nitrogens with zero attached hydrogens (tertiary/aromatic N) is 1. The highest BCUT2D eigenvalue weighted by Gasteiger charge is 2.20. The number of thiophene rings is 1. The smallest absolute Gasteiger partial charge is 0.276 e. The summed E-state index contributed by atoms with van der Waals surface area (Å²) in [5.74, 6) is 0. The van der Waals surface area contributed by atoms with Gasteiger partial charge in [0.2, 0.25) is 0 Å². The fourth-order valence-corrected chi connectivity index (χ4v) is 4.95. The molecule has 0 saturated carbocycles. The molecule has 0 spiro atoms. The third-order valence-corrected chi connectivity index (χ3v) is 6.59. The lowest BCUT2D eigenvalue weighted by Gasteiger charge is -2.25. The van der Waals surface area contributed by atoms with Crippen LogP contribution >= 0.6 is 11.3 Å². The Bertz CT molecular complexity index is 1290. The minimum Gasteiger partial charge on any atom is -0.375 e. The normalized spacial score (nSPS) is 10.7. The fourth-order valence-electron chi connectivity index (χ4n) is 3.77. The van der Waals surface area contributed by atoms with Crippen LogP contribution < -0.4 is 21.1 Å². The number of para-hydroxylation sites is 2. The molecule has 5 heteroatoms. The van der Waals surface area contributed by atoms with E-state index in [4.69, 9.17) is 0 Å². The van der Waals surface area contributed by atoms with Crippen LogP contribution in [0, 0.1) is 0 Å². The van der Waals surface area contributed by atoms with E-state index < -0.39 is 0 Å². The average Bonchev–Trinajstić information content (AvgIpc) is 3.18. The molecule has 1 heterocycles. The van der Waals surface area contributed by atoms with Gasteiger partial charge in [-0.1, -0.05) is 89.8 Å². The SMILES string of the molecule is Bc1ccc(BN(c2ccccc2)c2sc3ccccc3c2Nc2ccccc2)cc1. The summed E-state index contributed by atoms with van der Waals surface area (Å²) < 4.78 is 1.28. The van der Waals surface area contributed by atoms with E-state index in [0.717, 1.165) is 18.8 Å². The van der Waals surface area contributed by atoms with Crippen molar-refractivity contribution in [2.75, 3.05) is 10.1 Å². The van der Waals surface area contributed by atoms with Crippen molar-refractivity contribution >= 4 is 69.7 Å². The van der Waals surface area contributed by atoms with Crippen LogP contribution in [0.4, 0.5) is 22.1 Å². The maximum atomic E-state index is 3.71. The first-order chi connectivity index (χ1) is 15.3. The predicted molar refractivity (Wildman–Crippen MR) is 142 cm³/mol. The minimum absolute atomic E-state index is 0.806. The summed E-state index contributed by atoms with van der Waals surface area (Å²) in [6, 6.07) is 38.5. The van der Waals surface area contributed by atoms with Crippen molar-refractivity contribution in [2.24, 2.45) is 0 Å². The van der Waals surface area contributed by atoms with Gasteiger partial charge in [-0.05, 0) is 30.3 Å². The lowest BCUT2D eigenvalue weighted by Crippen LogP contribution is -2.32. The van der Waals surface area contributed by atoms with E-state index in [1.807, 2.05) is 17.4 Å². The Morgan fingerprint density at radius 2 is 1.35 bits per heavy atom. The largest absolute Gasteiger partial charge is 0.375 e. The molecule has 0 radical (unpaired) electrons. The van der Waals surface area contributed by atoms with Gasteiger partial charge in [0.25, 0.3) is 7.41 Å². The van der Waals surface area contributed by atoms with Crippen LogP contribution in [0.1, 0.15) is 0 Å². The summed E-state index contributed by atoms with van der Waals surface area (Å²) >= 11 is 1.83. The number of fused-ring (bicyclic) bond motifs is 1. The molecule has 0 aliphatic heterocycles. The third-order valence-electron chi connectivity index (χ3n) is 5.39. The van der Waals surface area contributed by atoms with Crippen molar-refractivity contribution in [3.63, 3.8) is 0 Å². The van der Waals surface area contributed by atoms with Gasteiger partial charge >= 0.3 is 0 Å². The zero-order valence-corrected chi connectivity index (χ0v) is 18.3. The highest BCUT2D eigenvalue weighted by molar-refractivity contribution is 7.24. The average molecular weight is 416 g/mol. The Morgan fingerprint density at radius 3 is 2.10 bits per heavy atom. The van der Waals surface area contributed by atoms with Crippen LogP contribution in [0.2, 0.25) is 0 Å². The summed E-state index contributed by atoms with van der Waals surface area (Å²) in [7, 11) is 2.94. The van der Waals surface area contributed by atoms with Crippen molar-refractivity contribution in [1.29, 1.82) is 0 Å². The van der Waals surface area contributed by atoms with Gasteiger partial charge in [-0.15, -0.1) is 11.3 Å². The lowest BCUT2D eigenvalue weighted by atomic mass is 9.78. The van der Waals surface area contributed by atoms with Gasteiger partial charge in [0, 0.05) is 21.5 Å². The van der Waals surface area contributed by atoms with Gasteiger partial charge in [-0.3, -0.25) is 0 Å². The van der Waals surface area contributed by atoms with Crippen molar-refractivity contribution in [2.45, 2.75) is 0 Å². The van der Waals surface area contributed by atoms with Gasteiger partial charge in [-0.25, -0.2) is 0 Å². The minimum atomic E-state index is 0.806. The predicted octanol–water partition coefficient (Wildman–Crippen LogP) is 4.72. The second kappa shape index (κ2) is 8.75. The molecule has 5 aromatic rings. The van der Waals surface area contributed by atoms with E-state index in [-0.39, 0.29) is 0 Å². The molecule has 31 heavy (non-hydrogen) atoms. The maximum absolute atomic E-state index is 3.71. The van der Waals surface area contributed by atoms with Crippen LogP contribution in [-0.4, -0.2) is 15.3 Å². The molecule has 0 aliphatic rings. The molecule has 0 atom stereocenters. The zero-order chi connectivity index (χ0) is 21.0. The standard InChI is InChI=1S/C26H22B2N2S/c27-19-15-17-20(18-16-19)28-30(22-11-5-2-6-12-22)26-25(29-21-9-3-1-4-10-21)23-13-7-8-14-24(23)31-26/h1-18,28-29H,27H2. The summed E-state index contributed by atoms with van der Waals surface area (Å²) in [6.45, 7) is 0. The molecule has 5 rings (SSSR count). The first kappa shape index (κ1) is 19.5. The topological polar surface area (TPSA) is 15.3 Å². The first-order valence-corrected chi connectivity index (χ1v) is 11.3. The number of benzene rings is 4. The third kappa shape index (κ3) is 4.23. The summed E-state index contributed by atoms with van der Waals surface area (Å²) in [6.07, 6.45) is 0.